The molecule has 2 unspecified atom stereocenters. The normalized spacial score (nSPS) is 20.5. The Balaban J connectivity index is 2.00. The van der Waals surface area contributed by atoms with Gasteiger partial charge in [0.25, 0.3) is 5.56 Å². The van der Waals surface area contributed by atoms with Crippen LogP contribution in [0.25, 0.3) is 10.9 Å². The number of aromatic nitrogens is 2. The van der Waals surface area contributed by atoms with Crippen LogP contribution in [0.4, 0.5) is 0 Å². The maximum absolute atomic E-state index is 13.2. The third-order valence-electron chi connectivity index (χ3n) is 7.09. The van der Waals surface area contributed by atoms with E-state index < -0.39 is 44.9 Å². The number of sulfone groups is 1. The van der Waals surface area contributed by atoms with E-state index in [0.717, 1.165) is 11.7 Å². The van der Waals surface area contributed by atoms with E-state index in [9.17, 15) is 23.1 Å². The van der Waals surface area contributed by atoms with Gasteiger partial charge in [-0.1, -0.05) is 13.0 Å². The topological polar surface area (TPSA) is 125 Å². The van der Waals surface area contributed by atoms with Gasteiger partial charge in [0.15, 0.2) is 14.6 Å². The SMILES string of the molecule is CCC(CC(C)(C(=O)O)S(C)(=O)=O)n1cnc2cc(B3OC(C)(C)C(C)(C)O3)ccc2c1=O. The molecule has 11 heteroatoms. The fourth-order valence-corrected chi connectivity index (χ4v) is 4.64. The zero-order chi connectivity index (χ0) is 25.0. The minimum Gasteiger partial charge on any atom is -0.480 e. The Morgan fingerprint density at radius 1 is 1.24 bits per heavy atom. The maximum atomic E-state index is 13.2. The van der Waals surface area contributed by atoms with Crippen LogP contribution in [0.15, 0.2) is 29.3 Å². The number of nitrogens with zero attached hydrogens (tertiary/aromatic N) is 2. The first kappa shape index (κ1) is 25.4. The van der Waals surface area contributed by atoms with Crippen LogP contribution >= 0.6 is 0 Å². The second-order valence-electron chi connectivity index (χ2n) is 9.90. The molecule has 0 spiro atoms. The van der Waals surface area contributed by atoms with Gasteiger partial charge < -0.3 is 14.4 Å². The third kappa shape index (κ3) is 4.33. The molecule has 1 aromatic carbocycles. The average molecular weight is 478 g/mol. The Kier molecular flexibility index (Phi) is 6.32. The van der Waals surface area contributed by atoms with Crippen LogP contribution in [0.5, 0.6) is 0 Å². The largest absolute Gasteiger partial charge is 0.494 e. The number of hydrogen-bond donors (Lipinski definition) is 1. The van der Waals surface area contributed by atoms with Gasteiger partial charge in [0.1, 0.15) is 0 Å². The van der Waals surface area contributed by atoms with Crippen molar-refractivity contribution in [3.05, 3.63) is 34.9 Å². The van der Waals surface area contributed by atoms with E-state index in [4.69, 9.17) is 9.31 Å². The van der Waals surface area contributed by atoms with Crippen LogP contribution in [0.1, 0.15) is 60.4 Å². The first-order valence-corrected chi connectivity index (χ1v) is 12.7. The molecule has 3 rings (SSSR count). The van der Waals surface area contributed by atoms with Crippen molar-refractivity contribution in [3.8, 4) is 0 Å². The molecule has 0 amide bonds. The number of benzene rings is 1. The molecular weight excluding hydrogens is 447 g/mol. The number of aliphatic carboxylic acids is 1. The third-order valence-corrected chi connectivity index (χ3v) is 9.07. The zero-order valence-electron chi connectivity index (χ0n) is 20.1. The fraction of sp³-hybridized carbons (Fsp3) is 0.591. The highest BCUT2D eigenvalue weighted by molar-refractivity contribution is 7.92. The summed E-state index contributed by atoms with van der Waals surface area (Å²) in [4.78, 5) is 29.4. The second kappa shape index (κ2) is 8.21. The Morgan fingerprint density at radius 3 is 2.30 bits per heavy atom. The van der Waals surface area contributed by atoms with Crippen molar-refractivity contribution in [1.82, 2.24) is 9.55 Å². The van der Waals surface area contributed by atoms with Gasteiger partial charge in [-0.2, -0.15) is 0 Å². The number of carboxylic acids is 1. The van der Waals surface area contributed by atoms with E-state index in [2.05, 4.69) is 4.98 Å². The van der Waals surface area contributed by atoms with Crippen LogP contribution in [-0.4, -0.2) is 58.4 Å². The van der Waals surface area contributed by atoms with Crippen molar-refractivity contribution < 1.29 is 27.6 Å². The number of hydrogen-bond acceptors (Lipinski definition) is 7. The van der Waals surface area contributed by atoms with Gasteiger partial charge in [-0.15, -0.1) is 0 Å². The molecular formula is C22H31BN2O7S. The molecule has 1 N–H and O–H groups in total. The number of rotatable bonds is 7. The molecule has 33 heavy (non-hydrogen) atoms. The van der Waals surface area contributed by atoms with Crippen molar-refractivity contribution in [1.29, 1.82) is 0 Å². The summed E-state index contributed by atoms with van der Waals surface area (Å²) in [6.07, 6.45) is 2.35. The molecule has 1 aliphatic heterocycles. The first-order valence-electron chi connectivity index (χ1n) is 10.8. The molecule has 0 bridgehead atoms. The monoisotopic (exact) mass is 478 g/mol. The lowest BCUT2D eigenvalue weighted by atomic mass is 9.79. The predicted octanol–water partition coefficient (Wildman–Crippen LogP) is 1.92. The quantitative estimate of drug-likeness (QED) is 0.599. The summed E-state index contributed by atoms with van der Waals surface area (Å²) in [6, 6.07) is 4.47. The average Bonchev–Trinajstić information content (AvgIpc) is 2.92. The number of fused-ring (bicyclic) bond motifs is 1. The molecule has 1 saturated heterocycles. The molecule has 1 fully saturated rings. The van der Waals surface area contributed by atoms with Crippen LogP contribution in [0.3, 0.4) is 0 Å². The number of carboxylic acid groups (broad SMARTS) is 1. The highest BCUT2D eigenvalue weighted by Gasteiger charge is 2.51. The molecule has 2 aromatic rings. The van der Waals surface area contributed by atoms with Gasteiger partial charge in [0.2, 0.25) is 0 Å². The van der Waals surface area contributed by atoms with E-state index >= 15 is 0 Å². The summed E-state index contributed by atoms with van der Waals surface area (Å²) >= 11 is 0. The lowest BCUT2D eigenvalue weighted by Crippen LogP contribution is -2.45. The minimum absolute atomic E-state index is 0.253. The van der Waals surface area contributed by atoms with E-state index in [-0.39, 0.29) is 12.0 Å². The Morgan fingerprint density at radius 2 is 1.82 bits per heavy atom. The summed E-state index contributed by atoms with van der Waals surface area (Å²) in [5.74, 6) is -1.45. The highest BCUT2D eigenvalue weighted by Crippen LogP contribution is 2.36. The molecule has 2 heterocycles. The Bertz CT molecular complexity index is 1240. The highest BCUT2D eigenvalue weighted by atomic mass is 32.2. The van der Waals surface area contributed by atoms with E-state index in [1.54, 1.807) is 25.1 Å². The number of carbonyl (C=O) groups is 1. The van der Waals surface area contributed by atoms with Gasteiger partial charge in [-0.05, 0) is 65.1 Å². The predicted molar refractivity (Wildman–Crippen MR) is 127 cm³/mol. The van der Waals surface area contributed by atoms with Crippen LogP contribution in [-0.2, 0) is 23.9 Å². The molecule has 9 nitrogen and oxygen atoms in total. The summed E-state index contributed by atoms with van der Waals surface area (Å²) in [6.45, 7) is 10.8. The van der Waals surface area contributed by atoms with E-state index in [0.29, 0.717) is 17.3 Å². The van der Waals surface area contributed by atoms with Crippen molar-refractivity contribution >= 4 is 39.3 Å². The van der Waals surface area contributed by atoms with E-state index in [1.165, 1.54) is 17.8 Å². The molecule has 1 aliphatic rings. The molecule has 180 valence electrons. The smallest absolute Gasteiger partial charge is 0.480 e. The summed E-state index contributed by atoms with van der Waals surface area (Å²) in [7, 11) is -4.53. The van der Waals surface area contributed by atoms with Crippen molar-refractivity contribution in [2.45, 2.75) is 76.4 Å². The van der Waals surface area contributed by atoms with E-state index in [1.807, 2.05) is 27.7 Å². The summed E-state index contributed by atoms with van der Waals surface area (Å²) in [5, 5.41) is 9.94. The molecule has 0 radical (unpaired) electrons. The molecule has 1 aromatic heterocycles. The first-order chi connectivity index (χ1) is 15.0. The second-order valence-corrected chi connectivity index (χ2v) is 12.3. The standard InChI is InChI=1S/C22H31BN2O7S/c1-8-15(12-22(6,19(27)28)33(7,29)30)25-13-24-17-11-14(9-10-16(17)18(25)26)23-31-20(2,3)21(4,5)32-23/h9-11,13,15H,8,12H2,1-7H3,(H,27,28). The molecule has 2 atom stereocenters. The van der Waals surface area contributed by atoms with Crippen LogP contribution in [0.2, 0.25) is 0 Å². The lowest BCUT2D eigenvalue weighted by molar-refractivity contribution is -0.140. The zero-order valence-corrected chi connectivity index (χ0v) is 20.9. The van der Waals surface area contributed by atoms with Crippen molar-refractivity contribution in [3.63, 3.8) is 0 Å². The Hall–Kier alpha value is -2.24. The van der Waals surface area contributed by atoms with Crippen LogP contribution in [0, 0.1) is 0 Å². The summed E-state index contributed by atoms with van der Waals surface area (Å²) < 4.78 is 35.9. The minimum atomic E-state index is -3.93. The van der Waals surface area contributed by atoms with Crippen molar-refractivity contribution in [2.75, 3.05) is 6.26 Å². The van der Waals surface area contributed by atoms with Crippen LogP contribution < -0.4 is 11.0 Å². The van der Waals surface area contributed by atoms with Gasteiger partial charge in [-0.3, -0.25) is 14.2 Å². The summed E-state index contributed by atoms with van der Waals surface area (Å²) in [5.41, 5.74) is -0.202. The maximum Gasteiger partial charge on any atom is 0.494 e. The van der Waals surface area contributed by atoms with Crippen molar-refractivity contribution in [2.24, 2.45) is 0 Å². The van der Waals surface area contributed by atoms with Gasteiger partial charge in [0, 0.05) is 12.3 Å². The molecule has 0 saturated carbocycles. The fourth-order valence-electron chi connectivity index (χ4n) is 3.82. The Labute approximate surface area is 194 Å². The van der Waals surface area contributed by atoms with Gasteiger partial charge in [-0.25, -0.2) is 13.4 Å². The van der Waals surface area contributed by atoms with Gasteiger partial charge in [0.05, 0.1) is 28.4 Å². The lowest BCUT2D eigenvalue weighted by Gasteiger charge is -2.32. The molecule has 0 aliphatic carbocycles. The van der Waals surface area contributed by atoms with Gasteiger partial charge >= 0.3 is 13.1 Å².